The second-order valence-corrected chi connectivity index (χ2v) is 7.81. The monoisotopic (exact) mass is 390 g/mol. The van der Waals surface area contributed by atoms with Crippen LogP contribution in [0.25, 0.3) is 11.0 Å². The van der Waals surface area contributed by atoms with Gasteiger partial charge in [-0.25, -0.2) is 0 Å². The Balaban J connectivity index is 1.57. The number of hydrogen-bond donors (Lipinski definition) is 1. The Labute approximate surface area is 170 Å². The molecule has 0 saturated carbocycles. The summed E-state index contributed by atoms with van der Waals surface area (Å²) in [5.74, 6) is -0.299. The molecule has 0 aliphatic carbocycles. The zero-order valence-corrected chi connectivity index (χ0v) is 16.9. The second kappa shape index (κ2) is 8.21. The molecule has 1 saturated heterocycles. The molecule has 0 spiro atoms. The van der Waals surface area contributed by atoms with Crippen LogP contribution < -0.4 is 10.7 Å². The van der Waals surface area contributed by atoms with Gasteiger partial charge in [-0.3, -0.25) is 14.5 Å². The molecular formula is C24H26N2O3. The lowest BCUT2D eigenvalue weighted by molar-refractivity contribution is 0.0910. The van der Waals surface area contributed by atoms with Gasteiger partial charge in [-0.1, -0.05) is 36.4 Å². The molecule has 3 aromatic rings. The first-order valence-corrected chi connectivity index (χ1v) is 10.2. The van der Waals surface area contributed by atoms with E-state index in [0.717, 1.165) is 24.2 Å². The number of nitrogens with zero attached hydrogens (tertiary/aromatic N) is 1. The van der Waals surface area contributed by atoms with Gasteiger partial charge in [0.15, 0.2) is 11.2 Å². The first-order valence-electron chi connectivity index (χ1n) is 10.2. The highest BCUT2D eigenvalue weighted by Crippen LogP contribution is 2.25. The minimum absolute atomic E-state index is 0.0580. The predicted molar refractivity (Wildman–Crippen MR) is 114 cm³/mol. The molecule has 1 N–H and O–H groups in total. The van der Waals surface area contributed by atoms with E-state index in [1.807, 2.05) is 38.1 Å². The molecule has 1 fully saturated rings. The lowest BCUT2D eigenvalue weighted by atomic mass is 10.1. The van der Waals surface area contributed by atoms with Crippen LogP contribution in [-0.2, 0) is 0 Å². The van der Waals surface area contributed by atoms with Crippen molar-refractivity contribution in [2.45, 2.75) is 32.7 Å². The highest BCUT2D eigenvalue weighted by atomic mass is 16.3. The molecule has 0 bridgehead atoms. The topological polar surface area (TPSA) is 62.6 Å². The van der Waals surface area contributed by atoms with Crippen molar-refractivity contribution in [2.75, 3.05) is 19.6 Å². The summed E-state index contributed by atoms with van der Waals surface area (Å²) >= 11 is 0. The van der Waals surface area contributed by atoms with E-state index in [-0.39, 0.29) is 23.1 Å². The molecule has 4 rings (SSSR count). The molecule has 2 aromatic carbocycles. The van der Waals surface area contributed by atoms with Crippen molar-refractivity contribution >= 4 is 16.9 Å². The average Bonchev–Trinajstić information content (AvgIpc) is 3.24. The Morgan fingerprint density at radius 2 is 1.83 bits per heavy atom. The van der Waals surface area contributed by atoms with E-state index in [0.29, 0.717) is 17.5 Å². The van der Waals surface area contributed by atoms with Crippen LogP contribution in [-0.4, -0.2) is 30.4 Å². The van der Waals surface area contributed by atoms with E-state index in [9.17, 15) is 9.59 Å². The second-order valence-electron chi connectivity index (χ2n) is 7.81. The normalized spacial score (nSPS) is 15.5. The van der Waals surface area contributed by atoms with Gasteiger partial charge in [0.25, 0.3) is 5.91 Å². The largest absolute Gasteiger partial charge is 0.450 e. The average molecular weight is 390 g/mol. The number of aryl methyl sites for hydroxylation is 2. The summed E-state index contributed by atoms with van der Waals surface area (Å²) in [4.78, 5) is 27.7. The first kappa shape index (κ1) is 19.4. The molecule has 1 aliphatic heterocycles. The van der Waals surface area contributed by atoms with Crippen LogP contribution in [0.2, 0.25) is 0 Å². The Kier molecular flexibility index (Phi) is 5.49. The molecule has 1 amide bonds. The molecule has 5 heteroatoms. The lowest BCUT2D eigenvalue weighted by Crippen LogP contribution is -2.37. The fourth-order valence-corrected chi connectivity index (χ4v) is 4.18. The summed E-state index contributed by atoms with van der Waals surface area (Å²) in [7, 11) is 0. The van der Waals surface area contributed by atoms with Crippen LogP contribution >= 0.6 is 0 Å². The van der Waals surface area contributed by atoms with E-state index in [1.165, 1.54) is 24.5 Å². The van der Waals surface area contributed by atoms with Gasteiger partial charge in [-0.15, -0.1) is 0 Å². The van der Waals surface area contributed by atoms with Gasteiger partial charge in [-0.05, 0) is 62.5 Å². The van der Waals surface area contributed by atoms with Crippen molar-refractivity contribution in [1.82, 2.24) is 10.2 Å². The molecule has 0 unspecified atom stereocenters. The van der Waals surface area contributed by atoms with Crippen LogP contribution in [0.5, 0.6) is 0 Å². The third-order valence-electron chi connectivity index (χ3n) is 5.60. The zero-order chi connectivity index (χ0) is 20.4. The number of rotatable bonds is 5. The summed E-state index contributed by atoms with van der Waals surface area (Å²) in [6, 6.07) is 15.4. The Morgan fingerprint density at radius 3 is 2.55 bits per heavy atom. The summed E-state index contributed by atoms with van der Waals surface area (Å²) in [5.41, 5.74) is 3.32. The standard InChI is InChI=1S/C24H26N2O3/c1-16-12-17(2)23-19(13-16)21(27)14-22(29-23)24(28)25-15-20(26-10-6-7-11-26)18-8-4-3-5-9-18/h3-5,8-9,12-14,20H,6-7,10-11,15H2,1-2H3,(H,25,28)/t20-/m1/s1. The van der Waals surface area contributed by atoms with Crippen molar-refractivity contribution in [2.24, 2.45) is 0 Å². The molecular weight excluding hydrogens is 364 g/mol. The Bertz CT molecular complexity index is 1080. The van der Waals surface area contributed by atoms with Crippen molar-refractivity contribution in [3.05, 3.63) is 81.2 Å². The molecule has 5 nitrogen and oxygen atoms in total. The number of amides is 1. The maximum atomic E-state index is 12.8. The number of benzene rings is 2. The smallest absolute Gasteiger partial charge is 0.287 e. The summed E-state index contributed by atoms with van der Waals surface area (Å²) in [6.45, 7) is 6.35. The number of carbonyl (C=O) groups is 1. The third-order valence-corrected chi connectivity index (χ3v) is 5.60. The molecule has 1 aromatic heterocycles. The van der Waals surface area contributed by atoms with Crippen LogP contribution in [0, 0.1) is 13.8 Å². The third kappa shape index (κ3) is 4.10. The number of fused-ring (bicyclic) bond motifs is 1. The number of hydrogen-bond acceptors (Lipinski definition) is 4. The SMILES string of the molecule is Cc1cc(C)c2oc(C(=O)NC[C@H](c3ccccc3)N3CCCC3)cc(=O)c2c1. The van der Waals surface area contributed by atoms with Crippen LogP contribution in [0.3, 0.4) is 0 Å². The molecule has 0 radical (unpaired) electrons. The van der Waals surface area contributed by atoms with Gasteiger partial charge in [-0.2, -0.15) is 0 Å². The molecule has 150 valence electrons. The van der Waals surface area contributed by atoms with Crippen molar-refractivity contribution in [3.63, 3.8) is 0 Å². The van der Waals surface area contributed by atoms with Gasteiger partial charge in [0.2, 0.25) is 0 Å². The van der Waals surface area contributed by atoms with Gasteiger partial charge >= 0.3 is 0 Å². The number of carbonyl (C=O) groups excluding carboxylic acids is 1. The van der Waals surface area contributed by atoms with Gasteiger partial charge in [0, 0.05) is 12.6 Å². The lowest BCUT2D eigenvalue weighted by Gasteiger charge is -2.28. The Hall–Kier alpha value is -2.92. The summed E-state index contributed by atoms with van der Waals surface area (Å²) in [6.07, 6.45) is 2.35. The minimum atomic E-state index is -0.357. The van der Waals surface area contributed by atoms with E-state index in [2.05, 4.69) is 22.3 Å². The van der Waals surface area contributed by atoms with E-state index in [4.69, 9.17) is 4.42 Å². The van der Waals surface area contributed by atoms with E-state index in [1.54, 1.807) is 6.07 Å². The van der Waals surface area contributed by atoms with Crippen molar-refractivity contribution in [1.29, 1.82) is 0 Å². The molecule has 29 heavy (non-hydrogen) atoms. The minimum Gasteiger partial charge on any atom is -0.450 e. The fourth-order valence-electron chi connectivity index (χ4n) is 4.18. The van der Waals surface area contributed by atoms with Crippen molar-refractivity contribution in [3.8, 4) is 0 Å². The maximum absolute atomic E-state index is 12.8. The van der Waals surface area contributed by atoms with Crippen LogP contribution in [0.1, 0.15) is 46.1 Å². The maximum Gasteiger partial charge on any atom is 0.287 e. The number of nitrogens with one attached hydrogen (secondary N) is 1. The highest BCUT2D eigenvalue weighted by Gasteiger charge is 2.24. The summed E-state index contributed by atoms with van der Waals surface area (Å²) < 4.78 is 5.83. The molecule has 1 atom stereocenters. The van der Waals surface area contributed by atoms with Crippen LogP contribution in [0.15, 0.2) is 57.7 Å². The van der Waals surface area contributed by atoms with Crippen molar-refractivity contribution < 1.29 is 9.21 Å². The highest BCUT2D eigenvalue weighted by molar-refractivity contribution is 5.93. The van der Waals surface area contributed by atoms with Gasteiger partial charge < -0.3 is 9.73 Å². The first-order chi connectivity index (χ1) is 14.0. The van der Waals surface area contributed by atoms with E-state index < -0.39 is 0 Å². The fraction of sp³-hybridized carbons (Fsp3) is 0.333. The predicted octanol–water partition coefficient (Wildman–Crippen LogP) is 3.98. The summed E-state index contributed by atoms with van der Waals surface area (Å²) in [5, 5.41) is 3.50. The van der Waals surface area contributed by atoms with Gasteiger partial charge in [0.1, 0.15) is 5.58 Å². The zero-order valence-electron chi connectivity index (χ0n) is 16.9. The quantitative estimate of drug-likeness (QED) is 0.716. The van der Waals surface area contributed by atoms with Gasteiger partial charge in [0.05, 0.1) is 11.4 Å². The number of likely N-dealkylation sites (tertiary alicyclic amines) is 1. The Morgan fingerprint density at radius 1 is 1.10 bits per heavy atom. The molecule has 1 aliphatic rings. The van der Waals surface area contributed by atoms with Crippen LogP contribution in [0.4, 0.5) is 0 Å². The van der Waals surface area contributed by atoms with E-state index >= 15 is 0 Å². The molecule has 2 heterocycles.